The maximum absolute atomic E-state index is 13.6. The van der Waals surface area contributed by atoms with Crippen LogP contribution in [-0.2, 0) is 0 Å². The van der Waals surface area contributed by atoms with Gasteiger partial charge < -0.3 is 11.1 Å². The van der Waals surface area contributed by atoms with Crippen LogP contribution in [-0.4, -0.2) is 16.1 Å². The van der Waals surface area contributed by atoms with E-state index >= 15 is 0 Å². The summed E-state index contributed by atoms with van der Waals surface area (Å²) in [6.07, 6.45) is 4.99. The van der Waals surface area contributed by atoms with Gasteiger partial charge in [-0.2, -0.15) is 0 Å². The number of nitrogen functional groups attached to an aromatic ring is 1. The summed E-state index contributed by atoms with van der Waals surface area (Å²) >= 11 is 1.83. The second-order valence-corrected chi connectivity index (χ2v) is 7.52. The molecule has 6 nitrogen and oxygen atoms in total. The standard InChI is InChI=1S/C18H18FN3O3S/c19-11-9-15(17(20)16(10-11)22(24)25)18(23)21-12-5-7-14(8-6-12)26-13-3-1-2-4-13/h5-10,13H,1-4,20H2,(H,21,23). The van der Waals surface area contributed by atoms with Crippen LogP contribution in [0.4, 0.5) is 21.5 Å². The fourth-order valence-electron chi connectivity index (χ4n) is 2.96. The molecule has 0 radical (unpaired) electrons. The van der Waals surface area contributed by atoms with Crippen molar-refractivity contribution in [2.45, 2.75) is 35.8 Å². The summed E-state index contributed by atoms with van der Waals surface area (Å²) in [4.78, 5) is 23.6. The number of benzene rings is 2. The Bertz CT molecular complexity index is 836. The van der Waals surface area contributed by atoms with Gasteiger partial charge in [0.25, 0.3) is 11.6 Å². The van der Waals surface area contributed by atoms with Crippen molar-refractivity contribution in [3.63, 3.8) is 0 Å². The van der Waals surface area contributed by atoms with Crippen molar-refractivity contribution in [2.24, 2.45) is 0 Å². The third-order valence-corrected chi connectivity index (χ3v) is 5.63. The molecule has 1 saturated carbocycles. The first-order valence-electron chi connectivity index (χ1n) is 8.25. The summed E-state index contributed by atoms with van der Waals surface area (Å²) in [7, 11) is 0. The maximum atomic E-state index is 13.6. The van der Waals surface area contributed by atoms with Gasteiger partial charge in [0.2, 0.25) is 0 Å². The van der Waals surface area contributed by atoms with Gasteiger partial charge in [0.05, 0.1) is 16.6 Å². The molecule has 0 atom stereocenters. The van der Waals surface area contributed by atoms with Gasteiger partial charge >= 0.3 is 0 Å². The summed E-state index contributed by atoms with van der Waals surface area (Å²) in [6, 6.07) is 8.91. The Kier molecular flexibility index (Phi) is 5.41. The Morgan fingerprint density at radius 3 is 2.50 bits per heavy atom. The van der Waals surface area contributed by atoms with Crippen LogP contribution in [0.2, 0.25) is 0 Å². The van der Waals surface area contributed by atoms with Gasteiger partial charge in [-0.25, -0.2) is 4.39 Å². The molecule has 0 bridgehead atoms. The molecule has 1 aliphatic carbocycles. The monoisotopic (exact) mass is 375 g/mol. The molecule has 1 aliphatic rings. The van der Waals surface area contributed by atoms with Crippen molar-refractivity contribution in [1.29, 1.82) is 0 Å². The van der Waals surface area contributed by atoms with Crippen LogP contribution in [0.3, 0.4) is 0 Å². The number of carbonyl (C=O) groups excluding carboxylic acids is 1. The third-order valence-electron chi connectivity index (χ3n) is 4.28. The first kappa shape index (κ1) is 18.2. The lowest BCUT2D eigenvalue weighted by atomic mass is 10.1. The van der Waals surface area contributed by atoms with Gasteiger partial charge in [0, 0.05) is 15.8 Å². The largest absolute Gasteiger partial charge is 0.393 e. The number of rotatable bonds is 5. The van der Waals surface area contributed by atoms with Crippen molar-refractivity contribution < 1.29 is 14.1 Å². The lowest BCUT2D eigenvalue weighted by molar-refractivity contribution is -0.384. The molecule has 3 N–H and O–H groups in total. The Hall–Kier alpha value is -2.61. The van der Waals surface area contributed by atoms with E-state index in [2.05, 4.69) is 5.32 Å². The van der Waals surface area contributed by atoms with Gasteiger partial charge in [0.15, 0.2) is 0 Å². The number of nitrogens with two attached hydrogens (primary N) is 1. The highest BCUT2D eigenvalue weighted by molar-refractivity contribution is 8.00. The highest BCUT2D eigenvalue weighted by Gasteiger charge is 2.22. The molecule has 0 saturated heterocycles. The SMILES string of the molecule is Nc1c(C(=O)Nc2ccc(SC3CCCC3)cc2)cc(F)cc1[N+](=O)[O-]. The summed E-state index contributed by atoms with van der Waals surface area (Å²) in [5.74, 6) is -1.58. The van der Waals surface area contributed by atoms with Crippen molar-refractivity contribution in [3.8, 4) is 0 Å². The van der Waals surface area contributed by atoms with Crippen molar-refractivity contribution in [3.05, 3.63) is 57.9 Å². The first-order chi connectivity index (χ1) is 12.4. The highest BCUT2D eigenvalue weighted by Crippen LogP contribution is 2.35. The molecular weight excluding hydrogens is 357 g/mol. The van der Waals surface area contributed by atoms with Crippen LogP contribution < -0.4 is 11.1 Å². The lowest BCUT2D eigenvalue weighted by Gasteiger charge is -2.11. The number of hydrogen-bond donors (Lipinski definition) is 2. The Morgan fingerprint density at radius 1 is 1.23 bits per heavy atom. The van der Waals surface area contributed by atoms with Crippen molar-refractivity contribution in [1.82, 2.24) is 0 Å². The highest BCUT2D eigenvalue weighted by atomic mass is 32.2. The molecule has 0 aromatic heterocycles. The molecule has 0 spiro atoms. The molecule has 8 heteroatoms. The van der Waals surface area contributed by atoms with Crippen LogP contribution in [0.25, 0.3) is 0 Å². The van der Waals surface area contributed by atoms with Crippen LogP contribution in [0.5, 0.6) is 0 Å². The number of carbonyl (C=O) groups is 1. The normalized spacial score (nSPS) is 14.3. The molecular formula is C18H18FN3O3S. The number of halogens is 1. The molecule has 3 rings (SSSR count). The molecule has 2 aromatic rings. The number of nitrogens with zero attached hydrogens (tertiary/aromatic N) is 1. The maximum Gasteiger partial charge on any atom is 0.295 e. The van der Waals surface area contributed by atoms with E-state index in [0.29, 0.717) is 17.0 Å². The van der Waals surface area contributed by atoms with Gasteiger partial charge in [-0.1, -0.05) is 12.8 Å². The number of anilines is 2. The predicted octanol–water partition coefficient (Wildman–Crippen LogP) is 4.60. The number of thioether (sulfide) groups is 1. The van der Waals surface area contributed by atoms with E-state index in [0.717, 1.165) is 11.0 Å². The summed E-state index contributed by atoms with van der Waals surface area (Å²) in [5.41, 5.74) is 4.91. The van der Waals surface area contributed by atoms with Gasteiger partial charge in [-0.3, -0.25) is 14.9 Å². The van der Waals surface area contributed by atoms with E-state index in [1.54, 1.807) is 12.1 Å². The topological polar surface area (TPSA) is 98.3 Å². The van der Waals surface area contributed by atoms with Crippen LogP contribution in [0, 0.1) is 15.9 Å². The molecule has 0 heterocycles. The molecule has 136 valence electrons. The summed E-state index contributed by atoms with van der Waals surface area (Å²) < 4.78 is 13.6. The van der Waals surface area contributed by atoms with E-state index in [-0.39, 0.29) is 11.3 Å². The molecule has 0 aliphatic heterocycles. The number of nitrogens with one attached hydrogen (secondary N) is 1. The van der Waals surface area contributed by atoms with Crippen LogP contribution in [0.1, 0.15) is 36.0 Å². The number of hydrogen-bond acceptors (Lipinski definition) is 5. The Morgan fingerprint density at radius 2 is 1.88 bits per heavy atom. The molecule has 2 aromatic carbocycles. The van der Waals surface area contributed by atoms with Crippen molar-refractivity contribution in [2.75, 3.05) is 11.1 Å². The molecule has 26 heavy (non-hydrogen) atoms. The zero-order valence-electron chi connectivity index (χ0n) is 13.9. The zero-order valence-corrected chi connectivity index (χ0v) is 14.7. The summed E-state index contributed by atoms with van der Waals surface area (Å²) in [5, 5.41) is 14.1. The minimum atomic E-state index is -0.889. The minimum absolute atomic E-state index is 0.263. The minimum Gasteiger partial charge on any atom is -0.393 e. The lowest BCUT2D eigenvalue weighted by Crippen LogP contribution is -2.15. The Labute approximate surface area is 154 Å². The number of amides is 1. The van der Waals surface area contributed by atoms with Gasteiger partial charge in [-0.05, 0) is 43.2 Å². The Balaban J connectivity index is 1.72. The smallest absolute Gasteiger partial charge is 0.295 e. The second kappa shape index (κ2) is 7.74. The van der Waals surface area contributed by atoms with E-state index in [1.807, 2.05) is 23.9 Å². The van der Waals surface area contributed by atoms with Crippen LogP contribution >= 0.6 is 11.8 Å². The average molecular weight is 375 g/mol. The van der Waals surface area contributed by atoms with E-state index in [4.69, 9.17) is 5.73 Å². The molecule has 1 fully saturated rings. The zero-order chi connectivity index (χ0) is 18.7. The first-order valence-corrected chi connectivity index (χ1v) is 9.13. The summed E-state index contributed by atoms with van der Waals surface area (Å²) in [6.45, 7) is 0. The number of nitro benzene ring substituents is 1. The fraction of sp³-hybridized carbons (Fsp3) is 0.278. The van der Waals surface area contributed by atoms with Gasteiger partial charge in [0.1, 0.15) is 11.5 Å². The average Bonchev–Trinajstić information content (AvgIpc) is 3.11. The van der Waals surface area contributed by atoms with Crippen molar-refractivity contribution >= 4 is 34.7 Å². The van der Waals surface area contributed by atoms with Crippen LogP contribution in [0.15, 0.2) is 41.3 Å². The fourth-order valence-corrected chi connectivity index (χ4v) is 4.20. The quantitative estimate of drug-likeness (QED) is 0.452. The molecule has 1 amide bonds. The second-order valence-electron chi connectivity index (χ2n) is 6.15. The van der Waals surface area contributed by atoms with E-state index < -0.39 is 22.3 Å². The van der Waals surface area contributed by atoms with Gasteiger partial charge in [-0.15, -0.1) is 11.8 Å². The third kappa shape index (κ3) is 4.13. The molecule has 0 unspecified atom stereocenters. The number of nitro groups is 1. The van der Waals surface area contributed by atoms with E-state index in [1.165, 1.54) is 25.7 Å². The predicted molar refractivity (Wildman–Crippen MR) is 100.0 cm³/mol. The van der Waals surface area contributed by atoms with E-state index in [9.17, 15) is 19.3 Å².